The van der Waals surface area contributed by atoms with Crippen molar-refractivity contribution in [3.8, 4) is 50.6 Å². The number of aryl methyl sites for hydroxylation is 2. The fourth-order valence-electron chi connectivity index (χ4n) is 6.57. The Kier molecular flexibility index (Phi) is 11.1. The highest BCUT2D eigenvalue weighted by molar-refractivity contribution is 14.1. The predicted molar refractivity (Wildman–Crippen MR) is 241 cm³/mol. The standard InChI is InChI=1S/C27H21IN2O5S2.C19H13FN2O2/c1-18-6-10-23(11-7-18)36(31,32)30-17-26(28)25-15-21(16-29-27(25)30)20-4-3-5-22(14-20)35-37(33,34)24-12-8-19(2)9-13-24;20-17-8-12(4-5-18(17)24)16-10-22-19-15(16)7-13(9-21-19)11-2-1-3-14(23)6-11/h3-17H,1-2H3;1-10,23-24H,(H,21,22). The van der Waals surface area contributed by atoms with Crippen LogP contribution in [-0.4, -0.2) is 46.0 Å². The van der Waals surface area contributed by atoms with Crippen LogP contribution >= 0.6 is 22.6 Å². The van der Waals surface area contributed by atoms with Crippen molar-refractivity contribution in [1.82, 2.24) is 18.9 Å². The maximum atomic E-state index is 13.7. The quantitative estimate of drug-likeness (QED) is 0.0993. The van der Waals surface area contributed by atoms with Crippen molar-refractivity contribution in [3.63, 3.8) is 0 Å². The van der Waals surface area contributed by atoms with Gasteiger partial charge >= 0.3 is 10.1 Å². The minimum atomic E-state index is -4.00. The van der Waals surface area contributed by atoms with E-state index in [4.69, 9.17) is 4.18 Å². The van der Waals surface area contributed by atoms with E-state index in [-0.39, 0.29) is 27.0 Å². The summed E-state index contributed by atoms with van der Waals surface area (Å²) < 4.78 is 72.9. The molecule has 0 aliphatic heterocycles. The van der Waals surface area contributed by atoms with Gasteiger partial charge in [-0.05, 0) is 126 Å². The van der Waals surface area contributed by atoms with Crippen molar-refractivity contribution in [2.75, 3.05) is 0 Å². The van der Waals surface area contributed by atoms with E-state index < -0.39 is 26.0 Å². The molecule has 4 heterocycles. The lowest BCUT2D eigenvalue weighted by molar-refractivity contribution is 0.432. The van der Waals surface area contributed by atoms with Crippen LogP contribution in [0.3, 0.4) is 0 Å². The van der Waals surface area contributed by atoms with E-state index in [0.717, 1.165) is 33.2 Å². The van der Waals surface area contributed by atoms with Crippen LogP contribution in [0.15, 0.2) is 162 Å². The summed E-state index contributed by atoms with van der Waals surface area (Å²) in [5.74, 6) is -0.703. The molecule has 0 unspecified atom stereocenters. The molecule has 61 heavy (non-hydrogen) atoms. The van der Waals surface area contributed by atoms with Gasteiger partial charge in [0, 0.05) is 55.8 Å². The van der Waals surface area contributed by atoms with Gasteiger partial charge in [0.15, 0.2) is 17.2 Å². The number of hydrogen-bond donors (Lipinski definition) is 3. The van der Waals surface area contributed by atoms with Gasteiger partial charge in [-0.1, -0.05) is 65.7 Å². The molecule has 0 radical (unpaired) electrons. The van der Waals surface area contributed by atoms with Gasteiger partial charge in [0.1, 0.15) is 22.0 Å². The number of benzene rings is 5. The average Bonchev–Trinajstić information content (AvgIpc) is 3.83. The van der Waals surface area contributed by atoms with Crippen LogP contribution in [0.1, 0.15) is 11.1 Å². The van der Waals surface area contributed by atoms with Crippen molar-refractivity contribution in [1.29, 1.82) is 0 Å². The number of halogens is 2. The molecule has 0 saturated carbocycles. The topological polar surface area (TPSA) is 164 Å². The fourth-order valence-corrected chi connectivity index (χ4v) is 9.69. The van der Waals surface area contributed by atoms with Crippen LogP contribution in [0.25, 0.3) is 55.4 Å². The lowest BCUT2D eigenvalue weighted by Crippen LogP contribution is -2.12. The Bertz CT molecular complexity index is 3340. The zero-order chi connectivity index (χ0) is 43.1. The molecular formula is C46H34FIN4O7S2. The number of H-pyrrole nitrogens is 1. The number of phenolic OH excluding ortho intramolecular Hbond substituents is 2. The number of rotatable bonds is 8. The zero-order valence-corrected chi connectivity index (χ0v) is 36.1. The van der Waals surface area contributed by atoms with Crippen molar-refractivity contribution >= 4 is 64.8 Å². The van der Waals surface area contributed by atoms with Crippen LogP contribution in [0.5, 0.6) is 17.2 Å². The number of aromatic amines is 1. The molecule has 4 aromatic heterocycles. The number of pyridine rings is 2. The van der Waals surface area contributed by atoms with E-state index in [1.165, 1.54) is 28.2 Å². The minimum absolute atomic E-state index is 0.0669. The van der Waals surface area contributed by atoms with Gasteiger partial charge in [0.2, 0.25) is 0 Å². The first-order valence-corrected chi connectivity index (χ1v) is 22.4. The highest BCUT2D eigenvalue weighted by Gasteiger charge is 2.23. The van der Waals surface area contributed by atoms with E-state index in [2.05, 4.69) is 37.5 Å². The molecule has 3 N–H and O–H groups in total. The van der Waals surface area contributed by atoms with Gasteiger partial charge in [0.25, 0.3) is 10.0 Å². The van der Waals surface area contributed by atoms with Crippen LogP contribution in [0.2, 0.25) is 0 Å². The zero-order valence-electron chi connectivity index (χ0n) is 32.3. The summed E-state index contributed by atoms with van der Waals surface area (Å²) in [6.45, 7) is 3.77. The van der Waals surface area contributed by atoms with E-state index in [0.29, 0.717) is 36.9 Å². The van der Waals surface area contributed by atoms with Gasteiger partial charge in [-0.25, -0.2) is 26.7 Å². The lowest BCUT2D eigenvalue weighted by Gasteiger charge is -2.10. The number of phenols is 2. The first kappa shape index (κ1) is 41.2. The number of hydrogen-bond acceptors (Lipinski definition) is 9. The van der Waals surface area contributed by atoms with E-state index in [1.807, 2.05) is 32.0 Å². The smallest absolute Gasteiger partial charge is 0.339 e. The van der Waals surface area contributed by atoms with Gasteiger partial charge in [-0.15, -0.1) is 0 Å². The van der Waals surface area contributed by atoms with Crippen molar-refractivity contribution < 1.29 is 35.6 Å². The molecule has 0 saturated heterocycles. The van der Waals surface area contributed by atoms with Crippen LogP contribution in [0, 0.1) is 23.2 Å². The molecule has 5 aromatic carbocycles. The first-order valence-electron chi connectivity index (χ1n) is 18.5. The normalized spacial score (nSPS) is 11.7. The molecule has 0 aliphatic carbocycles. The summed E-state index contributed by atoms with van der Waals surface area (Å²) in [7, 11) is -7.83. The second-order valence-electron chi connectivity index (χ2n) is 14.1. The Balaban J connectivity index is 0.000000184. The third-order valence-electron chi connectivity index (χ3n) is 9.79. The summed E-state index contributed by atoms with van der Waals surface area (Å²) in [5, 5.41) is 20.5. The summed E-state index contributed by atoms with van der Waals surface area (Å²) in [4.78, 5) is 12.2. The average molecular weight is 965 g/mol. The third kappa shape index (κ3) is 8.57. The van der Waals surface area contributed by atoms with E-state index in [1.54, 1.807) is 110 Å². The minimum Gasteiger partial charge on any atom is -0.508 e. The number of fused-ring (bicyclic) bond motifs is 2. The molecule has 0 bridgehead atoms. The van der Waals surface area contributed by atoms with Gasteiger partial charge in [-0.3, -0.25) is 0 Å². The molecule has 0 spiro atoms. The molecule has 0 amide bonds. The molecule has 9 rings (SSSR count). The summed E-state index contributed by atoms with van der Waals surface area (Å²) in [5.41, 5.74) is 7.39. The molecule has 0 aliphatic rings. The summed E-state index contributed by atoms with van der Waals surface area (Å²) >= 11 is 2.08. The molecule has 15 heteroatoms. The van der Waals surface area contributed by atoms with Crippen molar-refractivity contribution in [2.24, 2.45) is 0 Å². The lowest BCUT2D eigenvalue weighted by atomic mass is 10.0. The molecule has 11 nitrogen and oxygen atoms in total. The Labute approximate surface area is 364 Å². The van der Waals surface area contributed by atoms with Gasteiger partial charge in [0.05, 0.1) is 4.90 Å². The predicted octanol–water partition coefficient (Wildman–Crippen LogP) is 10.4. The number of nitrogens with zero attached hydrogens (tertiary/aromatic N) is 3. The van der Waals surface area contributed by atoms with Crippen molar-refractivity contribution in [3.05, 3.63) is 173 Å². The van der Waals surface area contributed by atoms with Crippen LogP contribution in [0.4, 0.5) is 4.39 Å². The first-order chi connectivity index (χ1) is 29.2. The van der Waals surface area contributed by atoms with Crippen molar-refractivity contribution in [2.45, 2.75) is 23.6 Å². The SMILES string of the molecule is Cc1ccc(S(=O)(=O)Oc2cccc(-c3cnc4c(c3)c(I)cn4S(=O)(=O)c3ccc(C)cc3)c2)cc1.Oc1cccc(-c2cnc3[nH]cc(-c4ccc(O)c(F)c4)c3c2)c1. The Morgan fingerprint density at radius 1 is 0.672 bits per heavy atom. The molecule has 0 fully saturated rings. The number of nitrogens with one attached hydrogen (secondary N) is 1. The molecule has 9 aromatic rings. The Morgan fingerprint density at radius 3 is 1.97 bits per heavy atom. The summed E-state index contributed by atoms with van der Waals surface area (Å²) in [6, 6.07) is 34.7. The molecule has 0 atom stereocenters. The highest BCUT2D eigenvalue weighted by atomic mass is 127. The molecular weight excluding hydrogens is 931 g/mol. The third-order valence-corrected chi connectivity index (χ3v) is 13.6. The monoisotopic (exact) mass is 964 g/mol. The largest absolute Gasteiger partial charge is 0.508 e. The van der Waals surface area contributed by atoms with Gasteiger partial charge in [-0.2, -0.15) is 8.42 Å². The maximum Gasteiger partial charge on any atom is 0.339 e. The maximum absolute atomic E-state index is 13.7. The second kappa shape index (κ2) is 16.5. The van der Waals surface area contributed by atoms with Crippen LogP contribution < -0.4 is 4.18 Å². The Morgan fingerprint density at radius 2 is 1.30 bits per heavy atom. The van der Waals surface area contributed by atoms with Crippen LogP contribution in [-0.2, 0) is 20.1 Å². The summed E-state index contributed by atoms with van der Waals surface area (Å²) in [6.07, 6.45) is 6.59. The molecule has 306 valence electrons. The highest BCUT2D eigenvalue weighted by Crippen LogP contribution is 2.34. The van der Waals surface area contributed by atoms with E-state index in [9.17, 15) is 31.4 Å². The van der Waals surface area contributed by atoms with Gasteiger partial charge < -0.3 is 19.4 Å². The second-order valence-corrected chi connectivity index (χ2v) is 18.6. The fraction of sp³-hybridized carbons (Fsp3) is 0.0435. The number of aromatic hydroxyl groups is 2. The van der Waals surface area contributed by atoms with E-state index >= 15 is 0 Å². The Hall–Kier alpha value is -6.56. The number of aromatic nitrogens is 4.